The topological polar surface area (TPSA) is 86.5 Å². The second kappa shape index (κ2) is 11.0. The Hall–Kier alpha value is -2.77. The van der Waals surface area contributed by atoms with Crippen molar-refractivity contribution in [2.75, 3.05) is 19.8 Å². The Morgan fingerprint density at radius 3 is 2.55 bits per heavy atom. The van der Waals surface area contributed by atoms with Gasteiger partial charge in [-0.2, -0.15) is 0 Å². The number of ether oxygens (including phenoxy) is 2. The molecule has 9 heteroatoms. The molecule has 0 bridgehead atoms. The number of aromatic nitrogens is 2. The van der Waals surface area contributed by atoms with Crippen LogP contribution in [0.3, 0.4) is 0 Å². The van der Waals surface area contributed by atoms with Crippen molar-refractivity contribution in [3.63, 3.8) is 0 Å². The van der Waals surface area contributed by atoms with Crippen molar-refractivity contribution in [2.45, 2.75) is 26.7 Å². The molecule has 0 aliphatic heterocycles. The van der Waals surface area contributed by atoms with Crippen LogP contribution in [-0.4, -0.2) is 35.9 Å². The molecule has 3 aromatic rings. The van der Waals surface area contributed by atoms with Crippen LogP contribution < -0.4 is 14.8 Å². The van der Waals surface area contributed by atoms with Crippen LogP contribution in [0.25, 0.3) is 0 Å². The number of nitrogens with one attached hydrogen (secondary N) is 1. The Balaban J connectivity index is 1.55. The van der Waals surface area contributed by atoms with E-state index in [-0.39, 0.29) is 5.89 Å². The number of hydrogen-bond acceptors (Lipinski definition) is 6. The zero-order valence-electron chi connectivity index (χ0n) is 17.3. The van der Waals surface area contributed by atoms with E-state index in [2.05, 4.69) is 15.5 Å². The van der Waals surface area contributed by atoms with Crippen molar-refractivity contribution in [3.05, 3.63) is 69.4 Å². The van der Waals surface area contributed by atoms with Crippen molar-refractivity contribution < 1.29 is 18.7 Å². The maximum Gasteiger partial charge on any atom is 0.308 e. The molecule has 0 atom stereocenters. The van der Waals surface area contributed by atoms with Crippen LogP contribution in [0.4, 0.5) is 0 Å². The molecule has 164 valence electrons. The summed E-state index contributed by atoms with van der Waals surface area (Å²) in [4.78, 5) is 12.3. The van der Waals surface area contributed by atoms with Crippen molar-refractivity contribution in [2.24, 2.45) is 0 Å². The van der Waals surface area contributed by atoms with Crippen LogP contribution >= 0.6 is 23.2 Å². The van der Waals surface area contributed by atoms with Gasteiger partial charge in [-0.1, -0.05) is 35.3 Å². The summed E-state index contributed by atoms with van der Waals surface area (Å²) in [7, 11) is 0. The summed E-state index contributed by atoms with van der Waals surface area (Å²) in [5, 5.41) is 11.6. The van der Waals surface area contributed by atoms with E-state index in [0.29, 0.717) is 60.0 Å². The van der Waals surface area contributed by atoms with E-state index in [1.807, 2.05) is 32.0 Å². The number of carbonyl (C=O) groups is 1. The smallest absolute Gasteiger partial charge is 0.308 e. The van der Waals surface area contributed by atoms with Gasteiger partial charge in [0.15, 0.2) is 11.5 Å². The lowest BCUT2D eigenvalue weighted by atomic mass is 10.1. The first-order chi connectivity index (χ1) is 15.0. The van der Waals surface area contributed by atoms with E-state index in [1.165, 1.54) is 0 Å². The summed E-state index contributed by atoms with van der Waals surface area (Å²) in [6.45, 7) is 5.35. The number of benzene rings is 2. The molecule has 1 aromatic heterocycles. The molecule has 0 radical (unpaired) electrons. The Kier molecular flexibility index (Phi) is 8.14. The molecule has 0 aliphatic carbocycles. The largest absolute Gasteiger partial charge is 0.490 e. The number of halogens is 2. The van der Waals surface area contributed by atoms with E-state index in [0.717, 1.165) is 11.1 Å². The van der Waals surface area contributed by atoms with Gasteiger partial charge in [-0.25, -0.2) is 0 Å². The maximum absolute atomic E-state index is 12.3. The number of rotatable bonds is 10. The minimum atomic E-state index is -0.433. The normalized spacial score (nSPS) is 10.7. The lowest BCUT2D eigenvalue weighted by Crippen LogP contribution is -2.26. The van der Waals surface area contributed by atoms with Crippen LogP contribution in [0.5, 0.6) is 11.5 Å². The van der Waals surface area contributed by atoms with E-state index in [9.17, 15) is 4.79 Å². The lowest BCUT2D eigenvalue weighted by molar-refractivity contribution is 0.0918. The number of nitrogens with zero attached hydrogens (tertiary/aromatic N) is 2. The van der Waals surface area contributed by atoms with Gasteiger partial charge >= 0.3 is 11.8 Å². The van der Waals surface area contributed by atoms with Gasteiger partial charge in [-0.05, 0) is 55.7 Å². The molecule has 7 nitrogen and oxygen atoms in total. The van der Waals surface area contributed by atoms with Crippen LogP contribution in [0.15, 0.2) is 40.8 Å². The quantitative estimate of drug-likeness (QED) is 0.467. The number of hydrogen-bond donors (Lipinski definition) is 1. The third-order valence-corrected chi connectivity index (χ3v) is 4.91. The molecule has 1 heterocycles. The highest BCUT2D eigenvalue weighted by molar-refractivity contribution is 6.35. The van der Waals surface area contributed by atoms with E-state index < -0.39 is 5.91 Å². The first-order valence-electron chi connectivity index (χ1n) is 9.93. The second-order valence-corrected chi connectivity index (χ2v) is 7.41. The molecule has 0 fully saturated rings. The molecule has 0 aliphatic rings. The molecule has 0 spiro atoms. The molecule has 31 heavy (non-hydrogen) atoms. The van der Waals surface area contributed by atoms with Gasteiger partial charge in [0.2, 0.25) is 5.89 Å². The highest BCUT2D eigenvalue weighted by atomic mass is 35.5. The summed E-state index contributed by atoms with van der Waals surface area (Å²) < 4.78 is 16.7. The third-order valence-electron chi connectivity index (χ3n) is 4.32. The lowest BCUT2D eigenvalue weighted by Gasteiger charge is -2.12. The molecule has 2 aromatic carbocycles. The van der Waals surface area contributed by atoms with Gasteiger partial charge in [0, 0.05) is 16.6 Å². The Morgan fingerprint density at radius 2 is 1.81 bits per heavy atom. The maximum atomic E-state index is 12.3. The van der Waals surface area contributed by atoms with Gasteiger partial charge in [0.05, 0.1) is 19.6 Å². The minimum absolute atomic E-state index is 0.0956. The third kappa shape index (κ3) is 6.35. The zero-order chi connectivity index (χ0) is 22.2. The predicted octanol–water partition coefficient (Wildman–Crippen LogP) is 4.74. The fourth-order valence-corrected chi connectivity index (χ4v) is 3.37. The Labute approximate surface area is 190 Å². The predicted molar refractivity (Wildman–Crippen MR) is 118 cm³/mol. The highest BCUT2D eigenvalue weighted by Gasteiger charge is 2.16. The summed E-state index contributed by atoms with van der Waals surface area (Å²) in [6, 6.07) is 10.9. The zero-order valence-corrected chi connectivity index (χ0v) is 18.8. The first-order valence-corrected chi connectivity index (χ1v) is 10.7. The summed E-state index contributed by atoms with van der Waals surface area (Å²) in [5.41, 5.74) is 1.79. The molecular weight excluding hydrogens is 441 g/mol. The van der Waals surface area contributed by atoms with E-state index >= 15 is 0 Å². The van der Waals surface area contributed by atoms with Crippen LogP contribution in [0.1, 0.15) is 41.6 Å². The molecule has 1 N–H and O–H groups in total. The van der Waals surface area contributed by atoms with Gasteiger partial charge in [-0.15, -0.1) is 10.2 Å². The minimum Gasteiger partial charge on any atom is -0.490 e. The van der Waals surface area contributed by atoms with Crippen molar-refractivity contribution in [1.29, 1.82) is 0 Å². The highest BCUT2D eigenvalue weighted by Crippen LogP contribution is 2.28. The van der Waals surface area contributed by atoms with Crippen LogP contribution in [0.2, 0.25) is 10.0 Å². The van der Waals surface area contributed by atoms with Crippen molar-refractivity contribution >= 4 is 29.1 Å². The van der Waals surface area contributed by atoms with Gasteiger partial charge < -0.3 is 19.2 Å². The van der Waals surface area contributed by atoms with Gasteiger partial charge in [0.1, 0.15) is 0 Å². The van der Waals surface area contributed by atoms with Crippen molar-refractivity contribution in [1.82, 2.24) is 15.5 Å². The molecule has 1 amide bonds. The number of carbonyl (C=O) groups excluding carboxylic acids is 1. The first kappa shape index (κ1) is 22.9. The fraction of sp³-hybridized carbons (Fsp3) is 0.318. The van der Waals surface area contributed by atoms with Crippen LogP contribution in [-0.2, 0) is 12.8 Å². The molecular formula is C22H23Cl2N3O4. The Bertz CT molecular complexity index is 1040. The average molecular weight is 464 g/mol. The molecule has 3 rings (SSSR count). The van der Waals surface area contributed by atoms with Crippen LogP contribution in [0, 0.1) is 0 Å². The average Bonchev–Trinajstić information content (AvgIpc) is 3.21. The standard InChI is InChI=1S/C22H23Cl2N3O4/c1-3-29-18-8-5-14(11-19(18)30-4-2)9-10-25-21(28)22-27-26-20(31-22)12-15-6-7-16(23)13-17(15)24/h5-8,11,13H,3-4,9-10,12H2,1-2H3,(H,25,28). The summed E-state index contributed by atoms with van der Waals surface area (Å²) in [6.07, 6.45) is 0.919. The fourth-order valence-electron chi connectivity index (χ4n) is 2.89. The summed E-state index contributed by atoms with van der Waals surface area (Å²) >= 11 is 12.1. The SMILES string of the molecule is CCOc1ccc(CCNC(=O)c2nnc(Cc3ccc(Cl)cc3Cl)o2)cc1OCC. The number of amides is 1. The molecule has 0 saturated heterocycles. The second-order valence-electron chi connectivity index (χ2n) is 6.57. The monoisotopic (exact) mass is 463 g/mol. The van der Waals surface area contributed by atoms with Crippen molar-refractivity contribution in [3.8, 4) is 11.5 Å². The summed E-state index contributed by atoms with van der Waals surface area (Å²) in [5.74, 6) is 1.16. The molecule has 0 unspecified atom stereocenters. The molecule has 0 saturated carbocycles. The van der Waals surface area contributed by atoms with E-state index in [1.54, 1.807) is 18.2 Å². The van der Waals surface area contributed by atoms with Gasteiger partial charge in [-0.3, -0.25) is 4.79 Å². The Morgan fingerprint density at radius 1 is 1.03 bits per heavy atom. The van der Waals surface area contributed by atoms with Gasteiger partial charge in [0.25, 0.3) is 0 Å². The van der Waals surface area contributed by atoms with E-state index in [4.69, 9.17) is 37.1 Å².